The molecule has 0 radical (unpaired) electrons. The summed E-state index contributed by atoms with van der Waals surface area (Å²) in [7, 11) is 0. The van der Waals surface area contributed by atoms with Gasteiger partial charge in [0.1, 0.15) is 0 Å². The molecule has 6 nitrogen and oxygen atoms in total. The summed E-state index contributed by atoms with van der Waals surface area (Å²) in [5.41, 5.74) is 6.71. The minimum atomic E-state index is 0.709. The fourth-order valence-electron chi connectivity index (χ4n) is 2.63. The number of unbranched alkanes of at least 4 members (excludes halogenated alkanes) is 3. The number of ether oxygens (including phenoxy) is 1. The van der Waals surface area contributed by atoms with Gasteiger partial charge in [0.25, 0.3) is 0 Å². The molecular formula is C18H32N4O2S. The number of hydrogen-bond acceptors (Lipinski definition) is 7. The Bertz CT molecular complexity index is 432. The van der Waals surface area contributed by atoms with E-state index < -0.39 is 0 Å². The van der Waals surface area contributed by atoms with Gasteiger partial charge in [-0.25, -0.2) is 0 Å². The van der Waals surface area contributed by atoms with Crippen molar-refractivity contribution in [3.8, 4) is 0 Å². The van der Waals surface area contributed by atoms with E-state index in [0.29, 0.717) is 6.61 Å². The Kier molecular flexibility index (Phi) is 11.1. The number of nitrogens with zero attached hydrogens (tertiary/aromatic N) is 3. The summed E-state index contributed by atoms with van der Waals surface area (Å²) in [5, 5.41) is 0. The van der Waals surface area contributed by atoms with Crippen LogP contribution in [0.4, 0.5) is 0 Å². The molecule has 1 aromatic heterocycles. The number of hydrogen-bond donors (Lipinski definition) is 1. The van der Waals surface area contributed by atoms with Gasteiger partial charge in [-0.1, -0.05) is 30.9 Å². The molecule has 1 aliphatic heterocycles. The Morgan fingerprint density at radius 3 is 2.84 bits per heavy atom. The number of nitrogens with two attached hydrogens (primary N) is 1. The van der Waals surface area contributed by atoms with Crippen molar-refractivity contribution in [1.29, 1.82) is 0 Å². The molecule has 1 fully saturated rings. The van der Waals surface area contributed by atoms with Gasteiger partial charge in [-0.2, -0.15) is 0 Å². The van der Waals surface area contributed by atoms with Crippen molar-refractivity contribution >= 4 is 11.9 Å². The normalized spacial score (nSPS) is 15.8. The highest BCUT2D eigenvalue weighted by atomic mass is 32.2. The van der Waals surface area contributed by atoms with Gasteiger partial charge < -0.3 is 10.5 Å². The first-order chi connectivity index (χ1) is 12.4. The molecule has 7 heteroatoms. The van der Waals surface area contributed by atoms with Gasteiger partial charge in [-0.3, -0.25) is 14.7 Å². The molecule has 142 valence electrons. The first-order valence-corrected chi connectivity index (χ1v) is 10.2. The van der Waals surface area contributed by atoms with Crippen molar-refractivity contribution in [2.45, 2.75) is 32.2 Å². The van der Waals surface area contributed by atoms with Crippen LogP contribution in [0.25, 0.3) is 0 Å². The second-order valence-corrected chi connectivity index (χ2v) is 7.25. The van der Waals surface area contributed by atoms with Crippen molar-refractivity contribution in [2.75, 3.05) is 51.8 Å². The predicted molar refractivity (Wildman–Crippen MR) is 103 cm³/mol. The van der Waals surface area contributed by atoms with Crippen molar-refractivity contribution in [3.05, 3.63) is 30.1 Å². The molecule has 0 unspecified atom stereocenters. The molecule has 1 saturated heterocycles. The van der Waals surface area contributed by atoms with E-state index in [9.17, 15) is 0 Å². The second kappa shape index (κ2) is 13.5. The number of aromatic nitrogens is 1. The zero-order chi connectivity index (χ0) is 17.6. The van der Waals surface area contributed by atoms with Crippen LogP contribution < -0.4 is 5.73 Å². The zero-order valence-corrected chi connectivity index (χ0v) is 16.0. The summed E-state index contributed by atoms with van der Waals surface area (Å²) in [6.45, 7) is 6.87. The van der Waals surface area contributed by atoms with Crippen molar-refractivity contribution < 1.29 is 9.57 Å². The maximum absolute atomic E-state index is 6.04. The van der Waals surface area contributed by atoms with Gasteiger partial charge >= 0.3 is 0 Å². The highest BCUT2D eigenvalue weighted by molar-refractivity contribution is 7.96. The standard InChI is InChI=1S/C18H32N4O2S/c19-7-3-1-2-4-15-25-22(17-18-6-5-8-20-16-18)24-14-11-21-9-12-23-13-10-21/h5-6,8,16H,1-4,7,9-15,17,19H2. The lowest BCUT2D eigenvalue weighted by Crippen LogP contribution is -2.39. The van der Waals surface area contributed by atoms with Crippen LogP contribution in [0.1, 0.15) is 31.2 Å². The minimum Gasteiger partial charge on any atom is -0.379 e. The SMILES string of the molecule is NCCCCCCSN(Cc1cccnc1)OCCN1CCOCC1. The van der Waals surface area contributed by atoms with E-state index in [2.05, 4.69) is 16.0 Å². The Balaban J connectivity index is 1.69. The van der Waals surface area contributed by atoms with Crippen LogP contribution in [0.15, 0.2) is 24.5 Å². The summed E-state index contributed by atoms with van der Waals surface area (Å²) in [5.74, 6) is 1.07. The number of hydroxylamine groups is 1. The third-order valence-electron chi connectivity index (χ3n) is 4.11. The van der Waals surface area contributed by atoms with Crippen molar-refractivity contribution in [1.82, 2.24) is 14.4 Å². The largest absolute Gasteiger partial charge is 0.379 e. The highest BCUT2D eigenvalue weighted by Crippen LogP contribution is 2.17. The van der Waals surface area contributed by atoms with Crippen LogP contribution in [0.5, 0.6) is 0 Å². The lowest BCUT2D eigenvalue weighted by molar-refractivity contribution is -0.0922. The zero-order valence-electron chi connectivity index (χ0n) is 15.1. The van der Waals surface area contributed by atoms with Crippen molar-refractivity contribution in [3.63, 3.8) is 0 Å². The van der Waals surface area contributed by atoms with Gasteiger partial charge in [-0.05, 0) is 31.0 Å². The molecule has 0 amide bonds. The van der Waals surface area contributed by atoms with E-state index in [1.54, 1.807) is 18.1 Å². The third-order valence-corrected chi connectivity index (χ3v) is 5.11. The molecule has 0 aromatic carbocycles. The lowest BCUT2D eigenvalue weighted by Gasteiger charge is -2.27. The molecule has 1 aliphatic rings. The molecule has 25 heavy (non-hydrogen) atoms. The molecule has 2 heterocycles. The van der Waals surface area contributed by atoms with E-state index in [1.807, 2.05) is 16.7 Å². The molecule has 0 bridgehead atoms. The quantitative estimate of drug-likeness (QED) is 0.326. The summed E-state index contributed by atoms with van der Waals surface area (Å²) in [6, 6.07) is 4.06. The second-order valence-electron chi connectivity index (χ2n) is 6.18. The van der Waals surface area contributed by atoms with Crippen LogP contribution >= 0.6 is 11.9 Å². The smallest absolute Gasteiger partial charge is 0.0823 e. The van der Waals surface area contributed by atoms with Crippen LogP contribution in [0.3, 0.4) is 0 Å². The van der Waals surface area contributed by atoms with E-state index in [4.69, 9.17) is 15.3 Å². The molecule has 0 saturated carbocycles. The van der Waals surface area contributed by atoms with E-state index >= 15 is 0 Å². The summed E-state index contributed by atoms with van der Waals surface area (Å²) in [4.78, 5) is 12.6. The number of morpholine rings is 1. The molecule has 0 atom stereocenters. The molecule has 2 N–H and O–H groups in total. The first kappa shape index (κ1) is 20.6. The summed E-state index contributed by atoms with van der Waals surface area (Å²) >= 11 is 1.77. The molecule has 2 rings (SSSR count). The van der Waals surface area contributed by atoms with Gasteiger partial charge in [0, 0.05) is 37.8 Å². The fraction of sp³-hybridized carbons (Fsp3) is 0.722. The Hall–Kier alpha value is -0.700. The third kappa shape index (κ3) is 9.53. The Labute approximate surface area is 156 Å². The first-order valence-electron chi connectivity index (χ1n) is 9.31. The molecule has 0 aliphatic carbocycles. The van der Waals surface area contributed by atoms with Gasteiger partial charge in [0.15, 0.2) is 0 Å². The van der Waals surface area contributed by atoms with E-state index in [-0.39, 0.29) is 0 Å². The maximum atomic E-state index is 6.04. The maximum Gasteiger partial charge on any atom is 0.0823 e. The summed E-state index contributed by atoms with van der Waals surface area (Å²) < 4.78 is 7.40. The molecule has 1 aromatic rings. The van der Waals surface area contributed by atoms with E-state index in [1.165, 1.54) is 24.8 Å². The van der Waals surface area contributed by atoms with E-state index in [0.717, 1.165) is 58.1 Å². The number of pyridine rings is 1. The topological polar surface area (TPSA) is 63.8 Å². The Morgan fingerprint density at radius 2 is 2.08 bits per heavy atom. The molecule has 0 spiro atoms. The van der Waals surface area contributed by atoms with Crippen LogP contribution in [0, 0.1) is 0 Å². The fourth-order valence-corrected chi connectivity index (χ4v) is 3.56. The monoisotopic (exact) mass is 368 g/mol. The minimum absolute atomic E-state index is 0.709. The lowest BCUT2D eigenvalue weighted by atomic mass is 10.2. The average Bonchev–Trinajstić information content (AvgIpc) is 2.66. The van der Waals surface area contributed by atoms with Crippen molar-refractivity contribution in [2.24, 2.45) is 5.73 Å². The van der Waals surface area contributed by atoms with Crippen LogP contribution in [0.2, 0.25) is 0 Å². The highest BCUT2D eigenvalue weighted by Gasteiger charge is 2.12. The summed E-state index contributed by atoms with van der Waals surface area (Å²) in [6.07, 6.45) is 8.48. The number of rotatable bonds is 13. The predicted octanol–water partition coefficient (Wildman–Crippen LogP) is 2.31. The van der Waals surface area contributed by atoms with Gasteiger partial charge in [0.05, 0.1) is 26.4 Å². The van der Waals surface area contributed by atoms with Crippen LogP contribution in [-0.4, -0.2) is 66.1 Å². The van der Waals surface area contributed by atoms with Gasteiger partial charge in [-0.15, -0.1) is 4.47 Å². The average molecular weight is 369 g/mol. The van der Waals surface area contributed by atoms with Gasteiger partial charge in [0.2, 0.25) is 0 Å². The van der Waals surface area contributed by atoms with Crippen LogP contribution in [-0.2, 0) is 16.1 Å². The Morgan fingerprint density at radius 1 is 1.24 bits per heavy atom. The molecular weight excluding hydrogens is 336 g/mol.